The third kappa shape index (κ3) is 7.16. The molecule has 194 valence electrons. The van der Waals surface area contributed by atoms with Crippen molar-refractivity contribution in [1.82, 2.24) is 10.3 Å². The SMILES string of the molecule is CC(C)[C@H](CC(=O)c1ccc2ccccc2n1)C(=O)N[C@@H](CC(=O)O)C(=O)COc1c(F)cccc1F. The van der Waals surface area contributed by atoms with Crippen LogP contribution in [0.2, 0.25) is 0 Å². The van der Waals surface area contributed by atoms with Gasteiger partial charge in [-0.2, -0.15) is 0 Å². The Morgan fingerprint density at radius 3 is 2.27 bits per heavy atom. The highest BCUT2D eigenvalue weighted by Gasteiger charge is 2.31. The highest BCUT2D eigenvalue weighted by molar-refractivity contribution is 6.00. The van der Waals surface area contributed by atoms with Crippen molar-refractivity contribution in [1.29, 1.82) is 0 Å². The zero-order valence-corrected chi connectivity index (χ0v) is 20.2. The van der Waals surface area contributed by atoms with E-state index >= 15 is 0 Å². The number of para-hydroxylation sites is 2. The average Bonchev–Trinajstić information content (AvgIpc) is 2.85. The lowest BCUT2D eigenvalue weighted by Crippen LogP contribution is -2.47. The maximum Gasteiger partial charge on any atom is 0.305 e. The van der Waals surface area contributed by atoms with Crippen LogP contribution in [0.15, 0.2) is 54.6 Å². The molecule has 37 heavy (non-hydrogen) atoms. The number of nitrogens with zero attached hydrogens (tertiary/aromatic N) is 1. The highest BCUT2D eigenvalue weighted by Crippen LogP contribution is 2.22. The number of rotatable bonds is 12. The number of halogens is 2. The summed E-state index contributed by atoms with van der Waals surface area (Å²) in [6, 6.07) is 12.0. The number of fused-ring (bicyclic) bond motifs is 1. The van der Waals surface area contributed by atoms with Gasteiger partial charge >= 0.3 is 5.97 Å². The van der Waals surface area contributed by atoms with Gasteiger partial charge in [0.25, 0.3) is 0 Å². The molecule has 0 saturated carbocycles. The van der Waals surface area contributed by atoms with Gasteiger partial charge in [-0.05, 0) is 30.2 Å². The molecule has 1 amide bonds. The van der Waals surface area contributed by atoms with Crippen LogP contribution in [0.4, 0.5) is 8.78 Å². The first kappa shape index (κ1) is 27.4. The summed E-state index contributed by atoms with van der Waals surface area (Å²) in [6.07, 6.45) is -1.00. The fourth-order valence-electron chi connectivity index (χ4n) is 3.72. The lowest BCUT2D eigenvalue weighted by molar-refractivity contribution is -0.141. The lowest BCUT2D eigenvalue weighted by atomic mass is 9.88. The van der Waals surface area contributed by atoms with Gasteiger partial charge in [0.05, 0.1) is 11.9 Å². The molecule has 1 heterocycles. The van der Waals surface area contributed by atoms with Crippen LogP contribution >= 0.6 is 0 Å². The van der Waals surface area contributed by atoms with Crippen molar-refractivity contribution in [2.45, 2.75) is 32.7 Å². The predicted octanol–water partition coefficient (Wildman–Crippen LogP) is 3.97. The number of ether oxygens (including phenoxy) is 1. The van der Waals surface area contributed by atoms with E-state index in [1.807, 2.05) is 12.1 Å². The summed E-state index contributed by atoms with van der Waals surface area (Å²) in [5.74, 6) is -7.47. The van der Waals surface area contributed by atoms with Gasteiger partial charge in [0.15, 0.2) is 29.0 Å². The number of hydrogen-bond acceptors (Lipinski definition) is 6. The number of benzene rings is 2. The number of hydrogen-bond donors (Lipinski definition) is 2. The van der Waals surface area contributed by atoms with Gasteiger partial charge < -0.3 is 15.2 Å². The molecule has 2 aromatic carbocycles. The summed E-state index contributed by atoms with van der Waals surface area (Å²) in [4.78, 5) is 54.3. The molecule has 3 aromatic rings. The summed E-state index contributed by atoms with van der Waals surface area (Å²) in [7, 11) is 0. The van der Waals surface area contributed by atoms with E-state index in [0.29, 0.717) is 5.52 Å². The van der Waals surface area contributed by atoms with E-state index in [-0.39, 0.29) is 23.8 Å². The molecule has 0 aliphatic carbocycles. The second-order valence-electron chi connectivity index (χ2n) is 8.83. The molecule has 0 spiro atoms. The summed E-state index contributed by atoms with van der Waals surface area (Å²) >= 11 is 0. The molecule has 2 atom stereocenters. The normalized spacial score (nSPS) is 12.7. The second-order valence-corrected chi connectivity index (χ2v) is 8.83. The van der Waals surface area contributed by atoms with Crippen LogP contribution in [-0.2, 0) is 14.4 Å². The zero-order chi connectivity index (χ0) is 27.1. The standard InChI is InChI=1S/C27H26F2N2O6/c1-15(2)17(12-23(32)21-11-10-16-6-3-4-9-20(16)30-21)27(36)31-22(13-25(34)35)24(33)14-37-26-18(28)7-5-8-19(26)29/h3-11,15,17,22H,12-14H2,1-2H3,(H,31,36)(H,34,35)/t17-,22-/m0/s1. The van der Waals surface area contributed by atoms with Gasteiger partial charge in [0.2, 0.25) is 5.91 Å². The van der Waals surface area contributed by atoms with Crippen LogP contribution in [0, 0.1) is 23.5 Å². The average molecular weight is 513 g/mol. The molecule has 2 N–H and O–H groups in total. The summed E-state index contributed by atoms with van der Waals surface area (Å²) in [6.45, 7) is 2.55. The van der Waals surface area contributed by atoms with Gasteiger partial charge in [-0.25, -0.2) is 13.8 Å². The largest absolute Gasteiger partial charge is 0.481 e. The number of aromatic nitrogens is 1. The molecule has 3 rings (SSSR count). The van der Waals surface area contributed by atoms with E-state index in [9.17, 15) is 33.1 Å². The van der Waals surface area contributed by atoms with Crippen molar-refractivity contribution in [3.8, 4) is 5.75 Å². The first-order valence-electron chi connectivity index (χ1n) is 11.6. The van der Waals surface area contributed by atoms with Crippen molar-refractivity contribution < 1.29 is 37.8 Å². The Morgan fingerprint density at radius 2 is 1.62 bits per heavy atom. The molecule has 0 bridgehead atoms. The Balaban J connectivity index is 1.71. The third-order valence-electron chi connectivity index (χ3n) is 5.79. The minimum atomic E-state index is -1.53. The number of nitrogens with one attached hydrogen (secondary N) is 1. The fraction of sp³-hybridized carbons (Fsp3) is 0.296. The molecular weight excluding hydrogens is 486 g/mol. The van der Waals surface area contributed by atoms with Crippen molar-refractivity contribution >= 4 is 34.3 Å². The number of carbonyl (C=O) groups is 4. The van der Waals surface area contributed by atoms with E-state index in [0.717, 1.165) is 23.6 Å². The minimum absolute atomic E-state index is 0.177. The van der Waals surface area contributed by atoms with Gasteiger partial charge in [0.1, 0.15) is 18.3 Å². The van der Waals surface area contributed by atoms with Crippen LogP contribution in [-0.4, -0.2) is 46.2 Å². The maximum absolute atomic E-state index is 13.8. The van der Waals surface area contributed by atoms with Crippen molar-refractivity contribution in [3.63, 3.8) is 0 Å². The van der Waals surface area contributed by atoms with Gasteiger partial charge in [-0.3, -0.25) is 19.2 Å². The summed E-state index contributed by atoms with van der Waals surface area (Å²) in [5.41, 5.74) is 0.799. The van der Waals surface area contributed by atoms with E-state index in [2.05, 4.69) is 10.3 Å². The maximum atomic E-state index is 13.8. The molecule has 0 radical (unpaired) electrons. The Hall–Kier alpha value is -4.21. The second kappa shape index (κ2) is 12.2. The van der Waals surface area contributed by atoms with Crippen LogP contribution in [0.3, 0.4) is 0 Å². The van der Waals surface area contributed by atoms with Crippen LogP contribution < -0.4 is 10.1 Å². The van der Waals surface area contributed by atoms with Crippen LogP contribution in [0.5, 0.6) is 5.75 Å². The number of amides is 1. The van der Waals surface area contributed by atoms with E-state index < -0.39 is 60.0 Å². The number of Topliss-reactive ketones (excluding diaryl/α,β-unsaturated/α-hetero) is 2. The molecule has 0 saturated heterocycles. The molecule has 1 aromatic heterocycles. The smallest absolute Gasteiger partial charge is 0.305 e. The predicted molar refractivity (Wildman–Crippen MR) is 130 cm³/mol. The molecule has 8 nitrogen and oxygen atoms in total. The number of ketones is 2. The Bertz CT molecular complexity index is 1310. The van der Waals surface area contributed by atoms with Gasteiger partial charge in [-0.1, -0.05) is 44.2 Å². The minimum Gasteiger partial charge on any atom is -0.481 e. The van der Waals surface area contributed by atoms with E-state index in [1.165, 1.54) is 0 Å². The van der Waals surface area contributed by atoms with Crippen molar-refractivity contribution in [2.75, 3.05) is 6.61 Å². The highest BCUT2D eigenvalue weighted by atomic mass is 19.1. The monoisotopic (exact) mass is 512 g/mol. The summed E-state index contributed by atoms with van der Waals surface area (Å²) < 4.78 is 32.5. The Kier molecular flexibility index (Phi) is 9.00. The molecule has 0 aliphatic heterocycles. The quantitative estimate of drug-likeness (QED) is 0.352. The van der Waals surface area contributed by atoms with Crippen molar-refractivity contribution in [3.05, 3.63) is 71.9 Å². The first-order chi connectivity index (χ1) is 17.6. The Morgan fingerprint density at radius 1 is 0.946 bits per heavy atom. The lowest BCUT2D eigenvalue weighted by Gasteiger charge is -2.23. The number of aliphatic carboxylic acids is 1. The van der Waals surface area contributed by atoms with Gasteiger partial charge in [0, 0.05) is 17.7 Å². The topological polar surface area (TPSA) is 123 Å². The third-order valence-corrected chi connectivity index (χ3v) is 5.79. The zero-order valence-electron chi connectivity index (χ0n) is 20.2. The first-order valence-corrected chi connectivity index (χ1v) is 11.6. The fourth-order valence-corrected chi connectivity index (χ4v) is 3.72. The van der Waals surface area contributed by atoms with E-state index in [4.69, 9.17) is 4.74 Å². The molecule has 0 unspecified atom stereocenters. The van der Waals surface area contributed by atoms with E-state index in [1.54, 1.807) is 38.1 Å². The number of pyridine rings is 1. The summed E-state index contributed by atoms with van der Waals surface area (Å²) in [5, 5.41) is 12.4. The molecule has 0 aliphatic rings. The van der Waals surface area contributed by atoms with Crippen LogP contribution in [0.1, 0.15) is 37.2 Å². The van der Waals surface area contributed by atoms with Crippen LogP contribution in [0.25, 0.3) is 10.9 Å². The number of carboxylic acid groups (broad SMARTS) is 1. The molecule has 0 fully saturated rings. The molecular formula is C27H26F2N2O6. The molecule has 10 heteroatoms. The number of carbonyl (C=O) groups excluding carboxylic acids is 3. The van der Waals surface area contributed by atoms with Crippen molar-refractivity contribution in [2.24, 2.45) is 11.8 Å². The van der Waals surface area contributed by atoms with Gasteiger partial charge in [-0.15, -0.1) is 0 Å². The Labute approximate surface area is 211 Å². The number of carboxylic acids is 1.